The van der Waals surface area contributed by atoms with Crippen LogP contribution < -0.4 is 0 Å². The second-order valence-corrected chi connectivity index (χ2v) is 3.76. The van der Waals surface area contributed by atoms with E-state index in [2.05, 4.69) is 0 Å². The number of aliphatic hydroxyl groups excluding tert-OH is 1. The van der Waals surface area contributed by atoms with Crippen LogP contribution in [0.5, 0.6) is 0 Å². The molecule has 0 bridgehead atoms. The van der Waals surface area contributed by atoms with Crippen LogP contribution in [-0.4, -0.2) is 23.2 Å². The van der Waals surface area contributed by atoms with E-state index < -0.39 is 36.2 Å². The lowest BCUT2D eigenvalue weighted by Crippen LogP contribution is -2.30. The van der Waals surface area contributed by atoms with Crippen molar-refractivity contribution < 1.29 is 36.2 Å². The molecule has 0 fully saturated rings. The zero-order chi connectivity index (χ0) is 14.8. The minimum atomic E-state index is -4.94. The molecule has 1 aromatic rings. The molecule has 8 heteroatoms. The highest BCUT2D eigenvalue weighted by molar-refractivity contribution is 5.96. The highest BCUT2D eigenvalue weighted by atomic mass is 19.4. The number of halogens is 6. The quantitative estimate of drug-likeness (QED) is 0.684. The average Bonchev–Trinajstić information content (AvgIpc) is 2.26. The molecule has 0 radical (unpaired) electrons. The molecule has 1 N–H and O–H groups in total. The Balaban J connectivity index is 2.80. The predicted molar refractivity (Wildman–Crippen MR) is 52.5 cm³/mol. The molecule has 0 aliphatic carbocycles. The van der Waals surface area contributed by atoms with Gasteiger partial charge in [-0.15, -0.1) is 0 Å². The summed E-state index contributed by atoms with van der Waals surface area (Å²) in [6.45, 7) is 0. The van der Waals surface area contributed by atoms with Crippen LogP contribution in [0.3, 0.4) is 0 Å². The maximum Gasteiger partial charge on any atom is 0.416 e. The Morgan fingerprint density at radius 3 is 1.89 bits per heavy atom. The summed E-state index contributed by atoms with van der Waals surface area (Å²) in [7, 11) is 0. The molecule has 19 heavy (non-hydrogen) atoms. The van der Waals surface area contributed by atoms with Crippen molar-refractivity contribution in [3.8, 4) is 0 Å². The molecule has 0 saturated heterocycles. The van der Waals surface area contributed by atoms with E-state index >= 15 is 0 Å². The molecule has 0 heterocycles. The van der Waals surface area contributed by atoms with Gasteiger partial charge in [0.2, 0.25) is 0 Å². The molecule has 0 spiro atoms. The zero-order valence-electron chi connectivity index (χ0n) is 9.22. The van der Waals surface area contributed by atoms with E-state index in [-0.39, 0.29) is 5.56 Å². The monoisotopic (exact) mass is 286 g/mol. The van der Waals surface area contributed by atoms with E-state index in [1.807, 2.05) is 0 Å². The lowest BCUT2D eigenvalue weighted by molar-refractivity contribution is -0.202. The highest BCUT2D eigenvalue weighted by Gasteiger charge is 2.39. The third-order valence-electron chi connectivity index (χ3n) is 2.29. The van der Waals surface area contributed by atoms with Crippen molar-refractivity contribution in [2.75, 3.05) is 0 Å². The normalized spacial score (nSPS) is 14.3. The Labute approximate surface area is 103 Å². The first-order valence-corrected chi connectivity index (χ1v) is 4.97. The number of hydrogen-bond donors (Lipinski definition) is 1. The van der Waals surface area contributed by atoms with Gasteiger partial charge >= 0.3 is 12.4 Å². The van der Waals surface area contributed by atoms with E-state index in [0.717, 1.165) is 12.1 Å². The fourth-order valence-corrected chi connectivity index (χ4v) is 1.25. The first-order valence-electron chi connectivity index (χ1n) is 4.97. The van der Waals surface area contributed by atoms with E-state index in [9.17, 15) is 31.1 Å². The second kappa shape index (κ2) is 5.20. The van der Waals surface area contributed by atoms with Crippen molar-refractivity contribution in [3.63, 3.8) is 0 Å². The van der Waals surface area contributed by atoms with Crippen molar-refractivity contribution in [2.24, 2.45) is 0 Å². The first kappa shape index (κ1) is 15.5. The molecule has 0 aliphatic heterocycles. The Kier molecular flexibility index (Phi) is 4.24. The Bertz CT molecular complexity index is 446. The van der Waals surface area contributed by atoms with Gasteiger partial charge in [-0.05, 0) is 12.1 Å². The van der Waals surface area contributed by atoms with Crippen molar-refractivity contribution in [3.05, 3.63) is 35.4 Å². The summed E-state index contributed by atoms with van der Waals surface area (Å²) >= 11 is 0. The van der Waals surface area contributed by atoms with Crippen LogP contribution in [0.2, 0.25) is 0 Å². The van der Waals surface area contributed by atoms with Gasteiger partial charge in [0.15, 0.2) is 11.9 Å². The van der Waals surface area contributed by atoms with Crippen molar-refractivity contribution in [2.45, 2.75) is 24.9 Å². The number of carbonyl (C=O) groups is 1. The van der Waals surface area contributed by atoms with Crippen molar-refractivity contribution in [1.82, 2.24) is 0 Å². The summed E-state index contributed by atoms with van der Waals surface area (Å²) < 4.78 is 72.6. The minimum absolute atomic E-state index is 0.323. The molecule has 1 atom stereocenters. The number of ketones is 1. The minimum Gasteiger partial charge on any atom is -0.383 e. The molecule has 0 aliphatic rings. The zero-order valence-corrected chi connectivity index (χ0v) is 9.22. The number of carbonyl (C=O) groups excluding carboxylic acids is 1. The molecule has 0 saturated carbocycles. The molecular formula is C11H8F6O2. The van der Waals surface area contributed by atoms with E-state index in [1.54, 1.807) is 0 Å². The van der Waals surface area contributed by atoms with Gasteiger partial charge in [-0.25, -0.2) is 0 Å². The highest BCUT2D eigenvalue weighted by Crippen LogP contribution is 2.29. The maximum absolute atomic E-state index is 12.2. The summed E-state index contributed by atoms with van der Waals surface area (Å²) in [5.74, 6) is -1.08. The average molecular weight is 286 g/mol. The summed E-state index contributed by atoms with van der Waals surface area (Å²) in [4.78, 5) is 11.3. The van der Waals surface area contributed by atoms with Crippen LogP contribution >= 0.6 is 0 Å². The van der Waals surface area contributed by atoms with Crippen molar-refractivity contribution in [1.29, 1.82) is 0 Å². The van der Waals surface area contributed by atoms with Gasteiger partial charge in [0.1, 0.15) is 0 Å². The van der Waals surface area contributed by atoms with Gasteiger partial charge in [0.05, 0.1) is 5.56 Å². The summed E-state index contributed by atoms with van der Waals surface area (Å²) in [6.07, 6.45) is -13.6. The molecule has 2 nitrogen and oxygen atoms in total. The maximum atomic E-state index is 12.2. The van der Waals surface area contributed by atoms with E-state index in [1.165, 1.54) is 0 Å². The Morgan fingerprint density at radius 1 is 1.05 bits per heavy atom. The van der Waals surface area contributed by atoms with E-state index in [4.69, 9.17) is 5.11 Å². The lowest BCUT2D eigenvalue weighted by atomic mass is 10.0. The third kappa shape index (κ3) is 4.23. The lowest BCUT2D eigenvalue weighted by Gasteiger charge is -2.13. The molecule has 1 aromatic carbocycles. The van der Waals surface area contributed by atoms with Crippen molar-refractivity contribution >= 4 is 5.78 Å². The van der Waals surface area contributed by atoms with Gasteiger partial charge in [-0.2, -0.15) is 26.3 Å². The van der Waals surface area contributed by atoms with Crippen LogP contribution in [0, 0.1) is 0 Å². The van der Waals surface area contributed by atoms with Crippen LogP contribution in [0.4, 0.5) is 26.3 Å². The molecular weight excluding hydrogens is 278 g/mol. The summed E-state index contributed by atoms with van der Waals surface area (Å²) in [6, 6.07) is 2.73. The predicted octanol–water partition coefficient (Wildman–Crippen LogP) is 3.20. The smallest absolute Gasteiger partial charge is 0.383 e. The molecule has 1 unspecified atom stereocenters. The number of benzene rings is 1. The van der Waals surface area contributed by atoms with Crippen LogP contribution in [0.25, 0.3) is 0 Å². The number of aliphatic hydroxyl groups is 1. The molecule has 0 amide bonds. The van der Waals surface area contributed by atoms with Gasteiger partial charge in [0, 0.05) is 12.0 Å². The topological polar surface area (TPSA) is 37.3 Å². The molecule has 0 aromatic heterocycles. The SMILES string of the molecule is O=C(CC(O)C(F)(F)F)c1ccc(C(F)(F)F)cc1. The second-order valence-electron chi connectivity index (χ2n) is 3.76. The van der Waals surface area contributed by atoms with E-state index in [0.29, 0.717) is 12.1 Å². The van der Waals surface area contributed by atoms with Crippen LogP contribution in [-0.2, 0) is 6.18 Å². The Morgan fingerprint density at radius 2 is 1.53 bits per heavy atom. The largest absolute Gasteiger partial charge is 0.416 e. The fourth-order valence-electron chi connectivity index (χ4n) is 1.25. The summed E-state index contributed by atoms with van der Waals surface area (Å²) in [5.41, 5.74) is -1.34. The summed E-state index contributed by atoms with van der Waals surface area (Å²) in [5, 5.41) is 8.68. The van der Waals surface area contributed by atoms with Gasteiger partial charge < -0.3 is 5.11 Å². The Hall–Kier alpha value is -1.57. The standard InChI is InChI=1S/C11H8F6O2/c12-10(13,14)7-3-1-6(2-4-7)8(18)5-9(19)11(15,16)17/h1-4,9,19H,5H2. The van der Waals surface area contributed by atoms with Crippen LogP contribution in [0.15, 0.2) is 24.3 Å². The third-order valence-corrected chi connectivity index (χ3v) is 2.29. The molecule has 106 valence electrons. The molecule has 1 rings (SSSR count). The van der Waals surface area contributed by atoms with Gasteiger partial charge in [-0.3, -0.25) is 4.79 Å². The van der Waals surface area contributed by atoms with Gasteiger partial charge in [-0.1, -0.05) is 12.1 Å². The van der Waals surface area contributed by atoms with Crippen LogP contribution in [0.1, 0.15) is 22.3 Å². The number of Topliss-reactive ketones (excluding diaryl/α,β-unsaturated/α-hetero) is 1. The fraction of sp³-hybridized carbons (Fsp3) is 0.364. The number of hydrogen-bond acceptors (Lipinski definition) is 2. The number of alkyl halides is 6. The first-order chi connectivity index (χ1) is 8.51. The number of rotatable bonds is 3. The van der Waals surface area contributed by atoms with Gasteiger partial charge in [0.25, 0.3) is 0 Å².